The number of rotatable bonds is 5. The molecular formula is C22H24FN5O2. The molecular weight excluding hydrogens is 385 g/mol. The minimum Gasteiger partial charge on any atom is -0.441 e. The molecule has 1 aliphatic heterocycles. The van der Waals surface area contributed by atoms with Crippen molar-refractivity contribution in [3.05, 3.63) is 59.8 Å². The first-order chi connectivity index (χ1) is 14.5. The fraction of sp³-hybridized carbons (Fsp3) is 0.364. The molecule has 0 radical (unpaired) electrons. The number of halogens is 1. The van der Waals surface area contributed by atoms with Crippen LogP contribution in [0, 0.1) is 19.7 Å². The lowest BCUT2D eigenvalue weighted by molar-refractivity contribution is -0.131. The Hall–Kier alpha value is -3.29. The highest BCUT2D eigenvalue weighted by Crippen LogP contribution is 2.24. The molecule has 0 N–H and O–H groups in total. The summed E-state index contributed by atoms with van der Waals surface area (Å²) in [5.74, 6) is 2.18. The quantitative estimate of drug-likeness (QED) is 0.644. The van der Waals surface area contributed by atoms with Crippen molar-refractivity contribution in [3.8, 4) is 11.3 Å². The summed E-state index contributed by atoms with van der Waals surface area (Å²) < 4.78 is 19.5. The molecule has 156 valence electrons. The van der Waals surface area contributed by atoms with E-state index in [2.05, 4.69) is 19.9 Å². The maximum absolute atomic E-state index is 13.9. The summed E-state index contributed by atoms with van der Waals surface area (Å²) in [6.07, 6.45) is 2.20. The Kier molecular flexibility index (Phi) is 5.74. The number of carbonyl (C=O) groups is 1. The highest BCUT2D eigenvalue weighted by molar-refractivity contribution is 5.76. The molecule has 0 saturated carbocycles. The minimum absolute atomic E-state index is 0.0651. The van der Waals surface area contributed by atoms with Gasteiger partial charge < -0.3 is 14.2 Å². The number of nitrogens with zero attached hydrogens (tertiary/aromatic N) is 5. The predicted molar refractivity (Wildman–Crippen MR) is 111 cm³/mol. The average Bonchev–Trinajstić information content (AvgIpc) is 3.20. The van der Waals surface area contributed by atoms with Crippen molar-refractivity contribution in [3.63, 3.8) is 0 Å². The van der Waals surface area contributed by atoms with Crippen molar-refractivity contribution in [1.29, 1.82) is 0 Å². The maximum Gasteiger partial charge on any atom is 0.223 e. The van der Waals surface area contributed by atoms with Crippen LogP contribution in [0.5, 0.6) is 0 Å². The second-order valence-electron chi connectivity index (χ2n) is 7.38. The molecule has 1 amide bonds. The van der Waals surface area contributed by atoms with Crippen molar-refractivity contribution in [1.82, 2.24) is 19.9 Å². The molecule has 7 nitrogen and oxygen atoms in total. The summed E-state index contributed by atoms with van der Waals surface area (Å²) in [4.78, 5) is 29.7. The van der Waals surface area contributed by atoms with E-state index in [1.165, 1.54) is 12.3 Å². The topological polar surface area (TPSA) is 75.4 Å². The molecule has 1 saturated heterocycles. The van der Waals surface area contributed by atoms with E-state index >= 15 is 0 Å². The molecule has 1 aliphatic rings. The van der Waals surface area contributed by atoms with E-state index in [1.807, 2.05) is 24.8 Å². The molecule has 0 aliphatic carbocycles. The van der Waals surface area contributed by atoms with Crippen LogP contribution in [0.25, 0.3) is 11.3 Å². The summed E-state index contributed by atoms with van der Waals surface area (Å²) in [6.45, 7) is 6.60. The van der Waals surface area contributed by atoms with Crippen LogP contribution in [0.3, 0.4) is 0 Å². The molecule has 0 unspecified atom stereocenters. The third-order valence-electron chi connectivity index (χ3n) is 5.15. The van der Waals surface area contributed by atoms with Gasteiger partial charge in [-0.1, -0.05) is 12.1 Å². The Morgan fingerprint density at radius 3 is 2.63 bits per heavy atom. The zero-order valence-electron chi connectivity index (χ0n) is 17.1. The van der Waals surface area contributed by atoms with E-state index in [0.29, 0.717) is 43.1 Å². The van der Waals surface area contributed by atoms with Crippen molar-refractivity contribution in [2.45, 2.75) is 26.7 Å². The molecule has 1 fully saturated rings. The third kappa shape index (κ3) is 4.48. The van der Waals surface area contributed by atoms with E-state index in [1.54, 1.807) is 18.2 Å². The SMILES string of the molecule is Cc1cc(N2CCN(C(=O)CCc3ncc(-c4ccccc4F)o3)CC2)nc(C)n1. The minimum atomic E-state index is -0.358. The number of anilines is 1. The molecule has 3 aromatic rings. The van der Waals surface area contributed by atoms with E-state index in [9.17, 15) is 9.18 Å². The summed E-state index contributed by atoms with van der Waals surface area (Å²) in [5.41, 5.74) is 1.31. The average molecular weight is 409 g/mol. The fourth-order valence-electron chi connectivity index (χ4n) is 3.63. The summed E-state index contributed by atoms with van der Waals surface area (Å²) in [5, 5.41) is 0. The second kappa shape index (κ2) is 8.61. The van der Waals surface area contributed by atoms with Gasteiger partial charge in [0, 0.05) is 50.8 Å². The molecule has 0 atom stereocenters. The lowest BCUT2D eigenvalue weighted by atomic mass is 10.2. The number of aromatic nitrogens is 3. The smallest absolute Gasteiger partial charge is 0.223 e. The van der Waals surface area contributed by atoms with Crippen LogP contribution in [-0.4, -0.2) is 51.9 Å². The van der Waals surface area contributed by atoms with Gasteiger partial charge in [0.15, 0.2) is 11.7 Å². The Bertz CT molecular complexity index is 1020. The summed E-state index contributed by atoms with van der Waals surface area (Å²) >= 11 is 0. The fourth-order valence-corrected chi connectivity index (χ4v) is 3.63. The number of hydrogen-bond donors (Lipinski definition) is 0. The first-order valence-corrected chi connectivity index (χ1v) is 10.0. The Morgan fingerprint density at radius 2 is 1.90 bits per heavy atom. The molecule has 8 heteroatoms. The van der Waals surface area contributed by atoms with Crippen molar-refractivity contribution in [2.24, 2.45) is 0 Å². The Labute approximate surface area is 174 Å². The predicted octanol–water partition coefficient (Wildman–Crippen LogP) is 3.17. The first-order valence-electron chi connectivity index (χ1n) is 10.0. The number of benzene rings is 1. The lowest BCUT2D eigenvalue weighted by Gasteiger charge is -2.35. The monoisotopic (exact) mass is 409 g/mol. The summed E-state index contributed by atoms with van der Waals surface area (Å²) in [6, 6.07) is 8.37. The zero-order valence-corrected chi connectivity index (χ0v) is 17.1. The van der Waals surface area contributed by atoms with Crippen LogP contribution < -0.4 is 4.90 Å². The van der Waals surface area contributed by atoms with Crippen LogP contribution in [-0.2, 0) is 11.2 Å². The van der Waals surface area contributed by atoms with Crippen molar-refractivity contribution < 1.29 is 13.6 Å². The van der Waals surface area contributed by atoms with E-state index in [-0.39, 0.29) is 11.7 Å². The number of hydrogen-bond acceptors (Lipinski definition) is 6. The van der Waals surface area contributed by atoms with Crippen molar-refractivity contribution >= 4 is 11.7 Å². The zero-order chi connectivity index (χ0) is 21.1. The van der Waals surface area contributed by atoms with Gasteiger partial charge in [-0.2, -0.15) is 0 Å². The molecule has 4 rings (SSSR count). The standard InChI is InChI=1S/C22H24FN5O2/c1-15-13-20(26-16(2)25-15)27-9-11-28(12-10-27)22(29)8-7-21-24-14-19(30-21)17-5-3-4-6-18(17)23/h3-6,13-14H,7-12H2,1-2H3. The summed E-state index contributed by atoms with van der Waals surface area (Å²) in [7, 11) is 0. The number of piperazine rings is 1. The number of oxazole rings is 1. The van der Waals surface area contributed by atoms with Gasteiger partial charge >= 0.3 is 0 Å². The van der Waals surface area contributed by atoms with Gasteiger partial charge in [0.25, 0.3) is 0 Å². The molecule has 30 heavy (non-hydrogen) atoms. The van der Waals surface area contributed by atoms with Crippen LogP contribution in [0.2, 0.25) is 0 Å². The molecule has 2 aromatic heterocycles. The van der Waals surface area contributed by atoms with Gasteiger partial charge in [-0.05, 0) is 26.0 Å². The van der Waals surface area contributed by atoms with Crippen LogP contribution in [0.15, 0.2) is 40.9 Å². The number of carbonyl (C=O) groups excluding carboxylic acids is 1. The van der Waals surface area contributed by atoms with Crippen LogP contribution in [0.1, 0.15) is 23.8 Å². The Balaban J connectivity index is 1.30. The maximum atomic E-state index is 13.9. The third-order valence-corrected chi connectivity index (χ3v) is 5.15. The Morgan fingerprint density at radius 1 is 1.13 bits per heavy atom. The molecule has 0 bridgehead atoms. The highest BCUT2D eigenvalue weighted by atomic mass is 19.1. The van der Waals surface area contributed by atoms with Gasteiger partial charge in [0.05, 0.1) is 11.8 Å². The van der Waals surface area contributed by atoms with Gasteiger partial charge in [0.2, 0.25) is 5.91 Å². The van der Waals surface area contributed by atoms with Crippen molar-refractivity contribution in [2.75, 3.05) is 31.1 Å². The largest absolute Gasteiger partial charge is 0.441 e. The highest BCUT2D eigenvalue weighted by Gasteiger charge is 2.22. The van der Waals surface area contributed by atoms with Gasteiger partial charge in [-0.25, -0.2) is 19.3 Å². The van der Waals surface area contributed by atoms with E-state index < -0.39 is 0 Å². The van der Waals surface area contributed by atoms with Crippen LogP contribution >= 0.6 is 0 Å². The normalized spacial score (nSPS) is 14.2. The van der Waals surface area contributed by atoms with Crippen LogP contribution in [0.4, 0.5) is 10.2 Å². The lowest BCUT2D eigenvalue weighted by Crippen LogP contribution is -2.49. The molecule has 1 aromatic carbocycles. The van der Waals surface area contributed by atoms with Gasteiger partial charge in [0.1, 0.15) is 17.5 Å². The first kappa shape index (κ1) is 20.0. The van der Waals surface area contributed by atoms with E-state index in [0.717, 1.165) is 30.4 Å². The molecule has 3 heterocycles. The second-order valence-corrected chi connectivity index (χ2v) is 7.38. The molecule has 0 spiro atoms. The number of aryl methyl sites for hydroxylation is 3. The van der Waals surface area contributed by atoms with Gasteiger partial charge in [-0.15, -0.1) is 0 Å². The number of amides is 1. The van der Waals surface area contributed by atoms with E-state index in [4.69, 9.17) is 4.42 Å². The van der Waals surface area contributed by atoms with Gasteiger partial charge in [-0.3, -0.25) is 4.79 Å².